The standard InChI is InChI=1S/C15H18N2OS/c1-2-8-16-12-7-9-17-13(10-12)11-19-15-5-3-14(18)4-6-15/h3-7,9-10,18H,2,8,11H2,1H3,(H,16,17). The van der Waals surface area contributed by atoms with Crippen molar-refractivity contribution in [3.05, 3.63) is 48.3 Å². The highest BCUT2D eigenvalue weighted by Gasteiger charge is 1.99. The molecule has 0 bridgehead atoms. The molecule has 0 aliphatic rings. The molecule has 4 heteroatoms. The van der Waals surface area contributed by atoms with Crippen molar-refractivity contribution in [1.29, 1.82) is 0 Å². The molecule has 1 aromatic heterocycles. The Morgan fingerprint density at radius 3 is 2.74 bits per heavy atom. The van der Waals surface area contributed by atoms with Gasteiger partial charge in [0, 0.05) is 29.1 Å². The maximum Gasteiger partial charge on any atom is 0.115 e. The molecule has 0 aliphatic heterocycles. The summed E-state index contributed by atoms with van der Waals surface area (Å²) < 4.78 is 0. The molecule has 0 atom stereocenters. The molecule has 1 heterocycles. The minimum Gasteiger partial charge on any atom is -0.508 e. The van der Waals surface area contributed by atoms with Crippen molar-refractivity contribution in [1.82, 2.24) is 4.98 Å². The quantitative estimate of drug-likeness (QED) is 0.784. The minimum absolute atomic E-state index is 0.299. The topological polar surface area (TPSA) is 45.2 Å². The van der Waals surface area contributed by atoms with Crippen molar-refractivity contribution in [2.45, 2.75) is 24.0 Å². The Morgan fingerprint density at radius 2 is 2.00 bits per heavy atom. The van der Waals surface area contributed by atoms with Gasteiger partial charge < -0.3 is 10.4 Å². The van der Waals surface area contributed by atoms with E-state index in [1.807, 2.05) is 24.4 Å². The monoisotopic (exact) mass is 274 g/mol. The van der Waals surface area contributed by atoms with E-state index in [0.717, 1.165) is 35.0 Å². The number of thioether (sulfide) groups is 1. The Hall–Kier alpha value is -1.68. The first kappa shape index (κ1) is 13.7. The molecule has 2 aromatic rings. The predicted molar refractivity (Wildman–Crippen MR) is 80.7 cm³/mol. The lowest BCUT2D eigenvalue weighted by Crippen LogP contribution is -2.00. The second kappa shape index (κ2) is 7.04. The maximum absolute atomic E-state index is 9.23. The maximum atomic E-state index is 9.23. The van der Waals surface area contributed by atoms with Crippen LogP contribution in [0.5, 0.6) is 5.75 Å². The van der Waals surface area contributed by atoms with Crippen LogP contribution >= 0.6 is 11.8 Å². The summed E-state index contributed by atoms with van der Waals surface area (Å²) in [5.41, 5.74) is 2.18. The molecule has 0 amide bonds. The van der Waals surface area contributed by atoms with Crippen molar-refractivity contribution < 1.29 is 5.11 Å². The van der Waals surface area contributed by atoms with Gasteiger partial charge in [-0.05, 0) is 42.8 Å². The lowest BCUT2D eigenvalue weighted by molar-refractivity contribution is 0.475. The van der Waals surface area contributed by atoms with Gasteiger partial charge in [-0.2, -0.15) is 0 Å². The molecule has 3 nitrogen and oxygen atoms in total. The number of hydrogen-bond donors (Lipinski definition) is 2. The fourth-order valence-corrected chi connectivity index (χ4v) is 2.44. The van der Waals surface area contributed by atoms with Crippen molar-refractivity contribution >= 4 is 17.4 Å². The van der Waals surface area contributed by atoms with Gasteiger partial charge >= 0.3 is 0 Å². The van der Waals surface area contributed by atoms with Gasteiger partial charge in [-0.1, -0.05) is 6.92 Å². The Kier molecular flexibility index (Phi) is 5.10. The van der Waals surface area contributed by atoms with Crippen LogP contribution in [0.4, 0.5) is 5.69 Å². The van der Waals surface area contributed by atoms with Crippen molar-refractivity contribution in [2.24, 2.45) is 0 Å². The number of nitrogens with zero attached hydrogens (tertiary/aromatic N) is 1. The first-order valence-electron chi connectivity index (χ1n) is 6.38. The molecule has 0 saturated carbocycles. The van der Waals surface area contributed by atoms with Gasteiger partial charge in [0.15, 0.2) is 0 Å². The van der Waals surface area contributed by atoms with Crippen LogP contribution in [0.15, 0.2) is 47.5 Å². The average Bonchev–Trinajstić information content (AvgIpc) is 2.45. The highest BCUT2D eigenvalue weighted by molar-refractivity contribution is 7.98. The van der Waals surface area contributed by atoms with Crippen molar-refractivity contribution in [3.63, 3.8) is 0 Å². The number of phenols is 1. The van der Waals surface area contributed by atoms with Gasteiger partial charge in [-0.3, -0.25) is 4.98 Å². The summed E-state index contributed by atoms with van der Waals surface area (Å²) in [6.45, 7) is 3.13. The van der Waals surface area contributed by atoms with Crippen LogP contribution in [0.3, 0.4) is 0 Å². The number of aromatic nitrogens is 1. The average molecular weight is 274 g/mol. The number of rotatable bonds is 6. The van der Waals surface area contributed by atoms with Gasteiger partial charge in [-0.15, -0.1) is 11.8 Å². The number of anilines is 1. The molecule has 100 valence electrons. The van der Waals surface area contributed by atoms with Crippen LogP contribution in [0.25, 0.3) is 0 Å². The summed E-state index contributed by atoms with van der Waals surface area (Å²) >= 11 is 1.71. The van der Waals surface area contributed by atoms with E-state index in [9.17, 15) is 5.11 Å². The number of pyridine rings is 1. The molecule has 0 radical (unpaired) electrons. The molecule has 0 spiro atoms. The van der Waals surface area contributed by atoms with Gasteiger partial charge in [0.1, 0.15) is 5.75 Å². The highest BCUT2D eigenvalue weighted by atomic mass is 32.2. The first-order valence-corrected chi connectivity index (χ1v) is 7.37. The van der Waals surface area contributed by atoms with E-state index in [1.165, 1.54) is 0 Å². The molecule has 2 N–H and O–H groups in total. The first-order chi connectivity index (χ1) is 9.28. The van der Waals surface area contributed by atoms with Crippen molar-refractivity contribution in [2.75, 3.05) is 11.9 Å². The van der Waals surface area contributed by atoms with Crippen LogP contribution in [-0.4, -0.2) is 16.6 Å². The summed E-state index contributed by atoms with van der Waals surface area (Å²) in [5.74, 6) is 1.13. The third kappa shape index (κ3) is 4.48. The zero-order valence-electron chi connectivity index (χ0n) is 11.0. The Bertz CT molecular complexity index is 514. The van der Waals surface area contributed by atoms with Crippen molar-refractivity contribution in [3.8, 4) is 5.75 Å². The van der Waals surface area contributed by atoms with E-state index in [2.05, 4.69) is 23.3 Å². The molecule has 0 saturated heterocycles. The number of nitrogens with one attached hydrogen (secondary N) is 1. The summed E-state index contributed by atoms with van der Waals surface area (Å²) in [5, 5.41) is 12.6. The van der Waals surface area contributed by atoms with Crippen LogP contribution in [0.2, 0.25) is 0 Å². The predicted octanol–water partition coefficient (Wildman–Crippen LogP) is 3.90. The van der Waals surface area contributed by atoms with Gasteiger partial charge in [0.25, 0.3) is 0 Å². The molecule has 1 aromatic carbocycles. The van der Waals surface area contributed by atoms with Crippen LogP contribution in [0, 0.1) is 0 Å². The Balaban J connectivity index is 1.93. The van der Waals surface area contributed by atoms with E-state index in [4.69, 9.17) is 0 Å². The fourth-order valence-electron chi connectivity index (χ4n) is 1.64. The number of phenolic OH excluding ortho intramolecular Hbond substituents is 1. The second-order valence-electron chi connectivity index (χ2n) is 4.25. The summed E-state index contributed by atoms with van der Waals surface area (Å²) in [6.07, 6.45) is 2.95. The van der Waals surface area contributed by atoms with Gasteiger partial charge in [0.2, 0.25) is 0 Å². The number of hydrogen-bond acceptors (Lipinski definition) is 4. The fraction of sp³-hybridized carbons (Fsp3) is 0.267. The van der Waals surface area contributed by atoms with E-state index in [-0.39, 0.29) is 0 Å². The minimum atomic E-state index is 0.299. The molecular weight excluding hydrogens is 256 g/mol. The van der Waals surface area contributed by atoms with Crippen LogP contribution in [-0.2, 0) is 5.75 Å². The highest BCUT2D eigenvalue weighted by Crippen LogP contribution is 2.24. The summed E-state index contributed by atoms with van der Waals surface area (Å²) in [7, 11) is 0. The number of aromatic hydroxyl groups is 1. The second-order valence-corrected chi connectivity index (χ2v) is 5.29. The van der Waals surface area contributed by atoms with Crippen LogP contribution < -0.4 is 5.32 Å². The Morgan fingerprint density at radius 1 is 1.21 bits per heavy atom. The normalized spacial score (nSPS) is 10.4. The van der Waals surface area contributed by atoms with E-state index in [0.29, 0.717) is 5.75 Å². The van der Waals surface area contributed by atoms with Crippen LogP contribution in [0.1, 0.15) is 19.0 Å². The molecule has 2 rings (SSSR count). The summed E-state index contributed by atoms with van der Waals surface area (Å²) in [6, 6.07) is 11.3. The smallest absolute Gasteiger partial charge is 0.115 e. The third-order valence-electron chi connectivity index (χ3n) is 2.62. The zero-order chi connectivity index (χ0) is 13.5. The third-order valence-corrected chi connectivity index (χ3v) is 3.66. The molecule has 0 fully saturated rings. The largest absolute Gasteiger partial charge is 0.508 e. The van der Waals surface area contributed by atoms with E-state index < -0.39 is 0 Å². The lowest BCUT2D eigenvalue weighted by Gasteiger charge is -2.06. The zero-order valence-corrected chi connectivity index (χ0v) is 11.8. The van der Waals surface area contributed by atoms with Gasteiger partial charge in [-0.25, -0.2) is 0 Å². The molecular formula is C15H18N2OS. The van der Waals surface area contributed by atoms with Gasteiger partial charge in [0.05, 0.1) is 5.69 Å². The SMILES string of the molecule is CCCNc1ccnc(CSc2ccc(O)cc2)c1. The number of benzene rings is 1. The molecule has 0 unspecified atom stereocenters. The molecule has 19 heavy (non-hydrogen) atoms. The summed E-state index contributed by atoms with van der Waals surface area (Å²) in [4.78, 5) is 5.50. The Labute approximate surface area is 118 Å². The lowest BCUT2D eigenvalue weighted by atomic mass is 10.3. The van der Waals surface area contributed by atoms with E-state index in [1.54, 1.807) is 23.9 Å². The molecule has 0 aliphatic carbocycles. The van der Waals surface area contributed by atoms with E-state index >= 15 is 0 Å².